The van der Waals surface area contributed by atoms with Gasteiger partial charge in [0.1, 0.15) is 0 Å². The van der Waals surface area contributed by atoms with Crippen LogP contribution in [0, 0.1) is 0 Å². The van der Waals surface area contributed by atoms with Crippen LogP contribution in [-0.2, 0) is 4.79 Å². The highest BCUT2D eigenvalue weighted by Gasteiger charge is 2.38. The fourth-order valence-electron chi connectivity index (χ4n) is 3.19. The second kappa shape index (κ2) is 9.81. The van der Waals surface area contributed by atoms with Gasteiger partial charge >= 0.3 is 12.1 Å². The largest absolute Gasteiger partial charge is 0.490 e. The number of anilines is 1. The monoisotopic (exact) mass is 467 g/mol. The summed E-state index contributed by atoms with van der Waals surface area (Å²) in [5.74, 6) is -2.77. The summed E-state index contributed by atoms with van der Waals surface area (Å²) in [6, 6.07) is 9.98. The Bertz CT molecular complexity index is 1040. The quantitative estimate of drug-likeness (QED) is 0.611. The van der Waals surface area contributed by atoms with Crippen LogP contribution in [0.25, 0.3) is 10.6 Å². The molecule has 0 saturated carbocycles. The Morgan fingerprint density at radius 2 is 1.91 bits per heavy atom. The van der Waals surface area contributed by atoms with Gasteiger partial charge in [0.25, 0.3) is 5.91 Å². The van der Waals surface area contributed by atoms with Crippen LogP contribution in [0.15, 0.2) is 48.1 Å². The molecular formula is C20H20F3N5O3S. The van der Waals surface area contributed by atoms with E-state index in [1.54, 1.807) is 23.7 Å². The van der Waals surface area contributed by atoms with E-state index in [-0.39, 0.29) is 11.9 Å². The van der Waals surface area contributed by atoms with Crippen LogP contribution >= 0.6 is 11.3 Å². The number of nitrogens with zero attached hydrogens (tertiary/aromatic N) is 4. The third kappa shape index (κ3) is 5.63. The average molecular weight is 467 g/mol. The molecule has 1 unspecified atom stereocenters. The van der Waals surface area contributed by atoms with E-state index in [1.807, 2.05) is 40.6 Å². The summed E-state index contributed by atoms with van der Waals surface area (Å²) in [6.07, 6.45) is -1.49. The van der Waals surface area contributed by atoms with Gasteiger partial charge in [-0.05, 0) is 36.6 Å². The number of thiophene rings is 1. The third-order valence-electron chi connectivity index (χ3n) is 4.74. The van der Waals surface area contributed by atoms with Gasteiger partial charge in [0, 0.05) is 43.8 Å². The summed E-state index contributed by atoms with van der Waals surface area (Å²) in [6.45, 7) is 4.38. The molecule has 3 aromatic rings. The first-order valence-corrected chi connectivity index (χ1v) is 10.4. The van der Waals surface area contributed by atoms with E-state index in [1.165, 1.54) is 0 Å². The van der Waals surface area contributed by atoms with E-state index in [2.05, 4.69) is 27.0 Å². The Labute approximate surface area is 185 Å². The number of aromatic amines is 1. The fourth-order valence-corrected chi connectivity index (χ4v) is 3.88. The molecule has 8 nitrogen and oxygen atoms in total. The van der Waals surface area contributed by atoms with E-state index in [9.17, 15) is 18.0 Å². The molecule has 1 amide bonds. The van der Waals surface area contributed by atoms with Crippen molar-refractivity contribution in [3.63, 3.8) is 0 Å². The number of halogens is 3. The van der Waals surface area contributed by atoms with Gasteiger partial charge in [-0.1, -0.05) is 6.07 Å². The zero-order chi connectivity index (χ0) is 23.3. The first-order chi connectivity index (χ1) is 15.2. The third-order valence-corrected chi connectivity index (χ3v) is 5.65. The SMILES string of the molecule is CC1CN(c2ccncc2)CCN1C(=O)c1cc(-c2cccs2)[nH]n1.O=C(O)C(F)(F)F. The molecule has 0 aliphatic carbocycles. The predicted molar refractivity (Wildman–Crippen MR) is 113 cm³/mol. The summed E-state index contributed by atoms with van der Waals surface area (Å²) in [5, 5.41) is 16.3. The number of piperazine rings is 1. The lowest BCUT2D eigenvalue weighted by atomic mass is 10.1. The lowest BCUT2D eigenvalue weighted by Crippen LogP contribution is -2.54. The normalized spacial score (nSPS) is 16.3. The summed E-state index contributed by atoms with van der Waals surface area (Å²) in [4.78, 5) is 31.1. The standard InChI is InChI=1S/C18H19N5OS.C2HF3O2/c1-13-12-22(14-4-6-19-7-5-14)8-9-23(13)18(24)16-11-15(20-21-16)17-3-2-10-25-17;3-2(4,5)1(6)7/h2-7,10-11,13H,8-9,12H2,1H3,(H,20,21);(H,6,7). The van der Waals surface area contributed by atoms with Gasteiger partial charge in [-0.25, -0.2) is 4.79 Å². The lowest BCUT2D eigenvalue weighted by Gasteiger charge is -2.40. The molecule has 0 bridgehead atoms. The zero-order valence-electron chi connectivity index (χ0n) is 16.9. The number of carbonyl (C=O) groups excluding carboxylic acids is 1. The highest BCUT2D eigenvalue weighted by molar-refractivity contribution is 7.13. The summed E-state index contributed by atoms with van der Waals surface area (Å²) in [7, 11) is 0. The second-order valence-corrected chi connectivity index (χ2v) is 7.89. The van der Waals surface area contributed by atoms with Crippen molar-refractivity contribution >= 4 is 28.9 Å². The number of H-pyrrole nitrogens is 1. The van der Waals surface area contributed by atoms with E-state index in [4.69, 9.17) is 9.90 Å². The minimum Gasteiger partial charge on any atom is -0.475 e. The average Bonchev–Trinajstić information content (AvgIpc) is 3.45. The maximum atomic E-state index is 12.9. The van der Waals surface area contributed by atoms with Crippen LogP contribution in [0.1, 0.15) is 17.4 Å². The number of nitrogens with one attached hydrogen (secondary N) is 1. The van der Waals surface area contributed by atoms with Gasteiger partial charge in [0.2, 0.25) is 0 Å². The molecule has 3 aromatic heterocycles. The molecule has 0 radical (unpaired) electrons. The van der Waals surface area contributed by atoms with Gasteiger partial charge in [-0.2, -0.15) is 18.3 Å². The van der Waals surface area contributed by atoms with Crippen molar-refractivity contribution in [2.24, 2.45) is 0 Å². The van der Waals surface area contributed by atoms with Crippen LogP contribution in [0.2, 0.25) is 0 Å². The van der Waals surface area contributed by atoms with Crippen LogP contribution in [-0.4, -0.2) is 68.9 Å². The first-order valence-electron chi connectivity index (χ1n) is 9.52. The highest BCUT2D eigenvalue weighted by atomic mass is 32.1. The number of aliphatic carboxylic acids is 1. The minimum atomic E-state index is -5.08. The van der Waals surface area contributed by atoms with Gasteiger partial charge in [0.15, 0.2) is 5.69 Å². The van der Waals surface area contributed by atoms with E-state index >= 15 is 0 Å². The number of carboxylic acid groups (broad SMARTS) is 1. The number of carboxylic acids is 1. The van der Waals surface area contributed by atoms with Crippen LogP contribution in [0.4, 0.5) is 18.9 Å². The Kier molecular flexibility index (Phi) is 7.13. The molecule has 170 valence electrons. The Hall–Kier alpha value is -3.41. The summed E-state index contributed by atoms with van der Waals surface area (Å²) < 4.78 is 31.7. The van der Waals surface area contributed by atoms with Crippen molar-refractivity contribution in [3.8, 4) is 10.6 Å². The van der Waals surface area contributed by atoms with Crippen molar-refractivity contribution in [1.29, 1.82) is 0 Å². The van der Waals surface area contributed by atoms with E-state index in [0.29, 0.717) is 12.2 Å². The summed E-state index contributed by atoms with van der Waals surface area (Å²) >= 11 is 1.63. The number of carbonyl (C=O) groups is 2. The molecule has 4 heterocycles. The predicted octanol–water partition coefficient (Wildman–Crippen LogP) is 3.52. The molecule has 2 N–H and O–H groups in total. The van der Waals surface area contributed by atoms with Crippen molar-refractivity contribution in [2.45, 2.75) is 19.1 Å². The molecule has 0 spiro atoms. The molecule has 1 saturated heterocycles. The fraction of sp³-hybridized carbons (Fsp3) is 0.300. The number of hydrogen-bond acceptors (Lipinski definition) is 6. The molecule has 1 aliphatic rings. The smallest absolute Gasteiger partial charge is 0.475 e. The number of amides is 1. The van der Waals surface area contributed by atoms with Crippen LogP contribution < -0.4 is 4.90 Å². The molecule has 0 aromatic carbocycles. The van der Waals surface area contributed by atoms with Gasteiger partial charge in [-0.3, -0.25) is 14.9 Å². The number of hydrogen-bond donors (Lipinski definition) is 2. The molecule has 1 fully saturated rings. The van der Waals surface area contributed by atoms with Crippen molar-refractivity contribution in [3.05, 3.63) is 53.8 Å². The van der Waals surface area contributed by atoms with Crippen molar-refractivity contribution in [1.82, 2.24) is 20.1 Å². The zero-order valence-corrected chi connectivity index (χ0v) is 17.7. The van der Waals surface area contributed by atoms with Gasteiger partial charge in [-0.15, -0.1) is 11.3 Å². The molecule has 1 aliphatic heterocycles. The maximum Gasteiger partial charge on any atom is 0.490 e. The Balaban J connectivity index is 0.000000360. The minimum absolute atomic E-state index is 0.0130. The van der Waals surface area contributed by atoms with E-state index < -0.39 is 12.1 Å². The second-order valence-electron chi connectivity index (χ2n) is 6.95. The number of aromatic nitrogens is 3. The van der Waals surface area contributed by atoms with Crippen LogP contribution in [0.3, 0.4) is 0 Å². The van der Waals surface area contributed by atoms with Crippen molar-refractivity contribution in [2.75, 3.05) is 24.5 Å². The molecule has 4 rings (SSSR count). The first kappa shape index (κ1) is 23.3. The molecular weight excluding hydrogens is 447 g/mol. The number of rotatable bonds is 3. The topological polar surface area (TPSA) is 102 Å². The Morgan fingerprint density at radius 1 is 1.22 bits per heavy atom. The summed E-state index contributed by atoms with van der Waals surface area (Å²) in [5.41, 5.74) is 2.52. The van der Waals surface area contributed by atoms with Crippen LogP contribution in [0.5, 0.6) is 0 Å². The van der Waals surface area contributed by atoms with Gasteiger partial charge < -0.3 is 14.9 Å². The maximum absolute atomic E-state index is 12.9. The molecule has 1 atom stereocenters. The highest BCUT2D eigenvalue weighted by Crippen LogP contribution is 2.24. The molecule has 12 heteroatoms. The molecule has 32 heavy (non-hydrogen) atoms. The van der Waals surface area contributed by atoms with E-state index in [0.717, 1.165) is 29.3 Å². The number of alkyl halides is 3. The Morgan fingerprint density at radius 3 is 2.47 bits per heavy atom. The lowest BCUT2D eigenvalue weighted by molar-refractivity contribution is -0.192. The number of pyridine rings is 1. The van der Waals surface area contributed by atoms with Gasteiger partial charge in [0.05, 0.1) is 10.6 Å². The van der Waals surface area contributed by atoms with Crippen molar-refractivity contribution < 1.29 is 27.9 Å².